The Bertz CT molecular complexity index is 993. The van der Waals surface area contributed by atoms with Gasteiger partial charge >= 0.3 is 0 Å². The Morgan fingerprint density at radius 1 is 1.19 bits per heavy atom. The highest BCUT2D eigenvalue weighted by molar-refractivity contribution is 7.89. The highest BCUT2D eigenvalue weighted by Crippen LogP contribution is 2.28. The predicted octanol–water partition coefficient (Wildman–Crippen LogP) is 3.82. The molecule has 170 valence electrons. The molecule has 3 rings (SSSR count). The molecule has 0 spiro atoms. The van der Waals surface area contributed by atoms with Gasteiger partial charge in [-0.25, -0.2) is 8.42 Å². The van der Waals surface area contributed by atoms with Crippen LogP contribution >= 0.6 is 0 Å². The van der Waals surface area contributed by atoms with Gasteiger partial charge in [-0.3, -0.25) is 9.89 Å². The van der Waals surface area contributed by atoms with Gasteiger partial charge in [0, 0.05) is 24.8 Å². The summed E-state index contributed by atoms with van der Waals surface area (Å²) in [5.41, 5.74) is 1.14. The fraction of sp³-hybridized carbons (Fsp3) is 0.545. The minimum atomic E-state index is -3.69. The molecule has 1 fully saturated rings. The number of rotatable bonds is 9. The number of carbonyl (C=O) groups excluding carboxylic acids is 1. The van der Waals surface area contributed by atoms with Crippen molar-refractivity contribution in [1.29, 1.82) is 0 Å². The van der Waals surface area contributed by atoms with Crippen molar-refractivity contribution in [2.24, 2.45) is 5.92 Å². The third kappa shape index (κ3) is 5.46. The van der Waals surface area contributed by atoms with Crippen molar-refractivity contribution in [1.82, 2.24) is 14.5 Å². The zero-order valence-corrected chi connectivity index (χ0v) is 19.3. The van der Waals surface area contributed by atoms with Crippen molar-refractivity contribution < 1.29 is 17.9 Å². The Kier molecular flexibility index (Phi) is 7.72. The molecular formula is C22H32N4O4S. The molecule has 0 saturated heterocycles. The summed E-state index contributed by atoms with van der Waals surface area (Å²) < 4.78 is 32.4. The zero-order valence-electron chi connectivity index (χ0n) is 18.5. The van der Waals surface area contributed by atoms with E-state index < -0.39 is 15.9 Å². The number of sulfonamides is 1. The third-order valence-electron chi connectivity index (χ3n) is 5.86. The van der Waals surface area contributed by atoms with E-state index in [1.807, 2.05) is 6.07 Å². The fourth-order valence-electron chi connectivity index (χ4n) is 4.15. The summed E-state index contributed by atoms with van der Waals surface area (Å²) in [6, 6.07) is 6.16. The number of carbonyl (C=O) groups is 1. The molecule has 1 aromatic carbocycles. The average Bonchev–Trinajstić information content (AvgIpc) is 3.21. The lowest BCUT2D eigenvalue weighted by Gasteiger charge is -2.20. The van der Waals surface area contributed by atoms with E-state index in [9.17, 15) is 13.2 Å². The van der Waals surface area contributed by atoms with Crippen LogP contribution in [0.25, 0.3) is 0 Å². The first kappa shape index (κ1) is 23.3. The molecule has 9 heteroatoms. The van der Waals surface area contributed by atoms with Crippen LogP contribution in [0.1, 0.15) is 62.0 Å². The largest absolute Gasteiger partial charge is 0.496 e. The number of amides is 1. The molecule has 2 aromatic rings. The van der Waals surface area contributed by atoms with Gasteiger partial charge in [-0.05, 0) is 30.5 Å². The molecular weight excluding hydrogens is 416 g/mol. The second-order valence-corrected chi connectivity index (χ2v) is 9.83. The van der Waals surface area contributed by atoms with Crippen molar-refractivity contribution in [3.05, 3.63) is 35.5 Å². The molecule has 1 saturated carbocycles. The number of anilines is 1. The monoisotopic (exact) mass is 448 g/mol. The van der Waals surface area contributed by atoms with E-state index >= 15 is 0 Å². The maximum absolute atomic E-state index is 12.9. The van der Waals surface area contributed by atoms with Crippen molar-refractivity contribution in [3.8, 4) is 5.75 Å². The van der Waals surface area contributed by atoms with Crippen LogP contribution in [0.3, 0.4) is 0 Å². The number of H-pyrrole nitrogens is 1. The summed E-state index contributed by atoms with van der Waals surface area (Å²) >= 11 is 0. The first-order valence-electron chi connectivity index (χ1n) is 10.9. The van der Waals surface area contributed by atoms with Gasteiger partial charge in [-0.15, -0.1) is 0 Å². The number of aromatic amines is 1. The quantitative estimate of drug-likeness (QED) is 0.607. The Balaban J connectivity index is 1.78. The van der Waals surface area contributed by atoms with Crippen molar-refractivity contribution >= 4 is 21.7 Å². The molecule has 0 bridgehead atoms. The fourth-order valence-corrected chi connectivity index (χ4v) is 5.64. The Labute approximate surface area is 184 Å². The summed E-state index contributed by atoms with van der Waals surface area (Å²) in [7, 11) is -2.25. The molecule has 1 aliphatic rings. The number of ether oxygens (including phenoxy) is 1. The number of hydrogen-bond acceptors (Lipinski definition) is 5. The van der Waals surface area contributed by atoms with Gasteiger partial charge in [0.2, 0.25) is 10.0 Å². The van der Waals surface area contributed by atoms with E-state index in [1.54, 1.807) is 13.8 Å². The van der Waals surface area contributed by atoms with E-state index in [0.29, 0.717) is 30.6 Å². The molecule has 2 N–H and O–H groups in total. The summed E-state index contributed by atoms with van der Waals surface area (Å²) in [6.45, 7) is 4.26. The van der Waals surface area contributed by atoms with Gasteiger partial charge in [0.05, 0.1) is 17.6 Å². The highest BCUT2D eigenvalue weighted by Gasteiger charge is 2.25. The predicted molar refractivity (Wildman–Crippen MR) is 120 cm³/mol. The first-order chi connectivity index (χ1) is 14.9. The van der Waals surface area contributed by atoms with Gasteiger partial charge in [0.25, 0.3) is 5.91 Å². The maximum Gasteiger partial charge on any atom is 0.260 e. The summed E-state index contributed by atoms with van der Waals surface area (Å²) in [4.78, 5) is 13.0. The molecule has 1 heterocycles. The zero-order chi connectivity index (χ0) is 22.4. The normalized spacial score (nSPS) is 15.2. The molecule has 1 aromatic heterocycles. The molecule has 1 amide bonds. The molecule has 1 aliphatic carbocycles. The van der Waals surface area contributed by atoms with Crippen LogP contribution in [0.5, 0.6) is 5.75 Å². The van der Waals surface area contributed by atoms with Gasteiger partial charge in [-0.2, -0.15) is 9.40 Å². The smallest absolute Gasteiger partial charge is 0.260 e. The molecule has 0 aliphatic heterocycles. The van der Waals surface area contributed by atoms with Crippen LogP contribution < -0.4 is 10.1 Å². The van der Waals surface area contributed by atoms with Gasteiger partial charge in [0.15, 0.2) is 5.82 Å². The van der Waals surface area contributed by atoms with Crippen molar-refractivity contribution in [3.63, 3.8) is 0 Å². The van der Waals surface area contributed by atoms with E-state index in [0.717, 1.165) is 12.1 Å². The number of methoxy groups -OCH3 is 1. The number of nitrogens with zero attached hydrogens (tertiary/aromatic N) is 2. The van der Waals surface area contributed by atoms with Crippen molar-refractivity contribution in [2.45, 2.75) is 57.3 Å². The lowest BCUT2D eigenvalue weighted by Crippen LogP contribution is -2.30. The Hall–Kier alpha value is -2.39. The second-order valence-electron chi connectivity index (χ2n) is 7.89. The molecule has 8 nitrogen and oxygen atoms in total. The van der Waals surface area contributed by atoms with E-state index in [-0.39, 0.29) is 10.5 Å². The molecule has 31 heavy (non-hydrogen) atoms. The van der Waals surface area contributed by atoms with Gasteiger partial charge in [-0.1, -0.05) is 46.0 Å². The Morgan fingerprint density at radius 2 is 1.90 bits per heavy atom. The SMILES string of the molecule is CCN(CC)S(=O)(=O)c1ccc(OC)c(C(=O)Nc2cc(CC3CCCCC3)[nH]n2)c1. The van der Waals surface area contributed by atoms with Crippen LogP contribution in [-0.2, 0) is 16.4 Å². The summed E-state index contributed by atoms with van der Waals surface area (Å²) in [5, 5.41) is 9.97. The minimum Gasteiger partial charge on any atom is -0.496 e. The minimum absolute atomic E-state index is 0.0576. The van der Waals surface area contributed by atoms with Crippen LogP contribution in [0.15, 0.2) is 29.2 Å². The van der Waals surface area contributed by atoms with Gasteiger partial charge < -0.3 is 10.1 Å². The lowest BCUT2D eigenvalue weighted by molar-refractivity contribution is 0.102. The maximum atomic E-state index is 12.9. The van der Waals surface area contributed by atoms with Crippen LogP contribution in [0.2, 0.25) is 0 Å². The Morgan fingerprint density at radius 3 is 2.55 bits per heavy atom. The highest BCUT2D eigenvalue weighted by atomic mass is 32.2. The van der Waals surface area contributed by atoms with Crippen molar-refractivity contribution in [2.75, 3.05) is 25.5 Å². The van der Waals surface area contributed by atoms with Gasteiger partial charge in [0.1, 0.15) is 5.75 Å². The number of hydrogen-bond donors (Lipinski definition) is 2. The summed E-state index contributed by atoms with van der Waals surface area (Å²) in [5.74, 6) is 0.896. The summed E-state index contributed by atoms with van der Waals surface area (Å²) in [6.07, 6.45) is 7.23. The van der Waals surface area contributed by atoms with Crippen LogP contribution in [-0.4, -0.2) is 49.0 Å². The number of benzene rings is 1. The lowest BCUT2D eigenvalue weighted by atomic mass is 9.86. The second kappa shape index (κ2) is 10.3. The first-order valence-corrected chi connectivity index (χ1v) is 12.4. The van der Waals surface area contributed by atoms with E-state index in [2.05, 4.69) is 15.5 Å². The average molecular weight is 449 g/mol. The number of aromatic nitrogens is 2. The van der Waals surface area contributed by atoms with E-state index in [4.69, 9.17) is 4.74 Å². The standard InChI is InChI=1S/C22H32N4O4S/c1-4-26(5-2)31(28,29)18-11-12-20(30-3)19(15-18)22(27)23-21-14-17(24-25-21)13-16-9-7-6-8-10-16/h11-12,14-16H,4-10,13H2,1-3H3,(H2,23,24,25,27). The topological polar surface area (TPSA) is 104 Å². The van der Waals surface area contributed by atoms with Crippen LogP contribution in [0.4, 0.5) is 5.82 Å². The number of nitrogens with one attached hydrogen (secondary N) is 2. The molecule has 0 atom stereocenters. The van der Waals surface area contributed by atoms with E-state index in [1.165, 1.54) is 61.7 Å². The third-order valence-corrected chi connectivity index (χ3v) is 7.91. The molecule has 0 radical (unpaired) electrons. The van der Waals surface area contributed by atoms with Crippen LogP contribution in [0, 0.1) is 5.92 Å². The molecule has 0 unspecified atom stereocenters.